The maximum Gasteiger partial charge on any atom is 0.268 e. The Balaban J connectivity index is 0.00000689. The topological polar surface area (TPSA) is 35.9 Å². The molecule has 10 aromatic rings. The molecule has 7 aromatic carbocycles. The first kappa shape index (κ1) is 23.8. The monoisotopic (exact) mass is 959 g/mol. The number of imidazole rings is 1. The molecule has 3 aromatic heterocycles. The number of para-hydroxylation sites is 4. The van der Waals surface area contributed by atoms with E-state index in [1.807, 2.05) is 12.1 Å². The van der Waals surface area contributed by atoms with E-state index in [1.165, 1.54) is 27.3 Å². The van der Waals surface area contributed by atoms with E-state index < -0.39 is 84.6 Å². The van der Waals surface area contributed by atoms with Gasteiger partial charge in [0.05, 0.1) is 35.9 Å². The van der Waals surface area contributed by atoms with Crippen molar-refractivity contribution in [2.45, 2.75) is 26.7 Å². The third-order valence-electron chi connectivity index (χ3n) is 10.2. The molecule has 0 amide bonds. The van der Waals surface area contributed by atoms with E-state index in [0.29, 0.717) is 22.5 Å². The SMILES string of the molecule is [2H]c1c([2H])c([2H])c(-c2cccc(-c3c([2H])c([2H])c([2H])c([2H])c3[2H])c2-[n+]2[c-]n(-c3[c-]c(Oc4[c-]c5c(c([2H])c4[2H])c4c([2H])c([2H])c([2H])c([2H])c4n5-c4cc(C(C)C(C)C)ccn4)ccc3)c3ccccc32)c([2H])c1[2H].[Pt]. The van der Waals surface area contributed by atoms with Gasteiger partial charge < -0.3 is 13.9 Å². The van der Waals surface area contributed by atoms with E-state index >= 15 is 0 Å². The van der Waals surface area contributed by atoms with Crippen molar-refractivity contribution in [3.05, 3.63) is 200 Å². The number of benzene rings is 7. The Labute approximate surface area is 381 Å². The van der Waals surface area contributed by atoms with Gasteiger partial charge in [-0.05, 0) is 70.3 Å². The minimum atomic E-state index is -0.620. The van der Waals surface area contributed by atoms with Crippen LogP contribution in [0.3, 0.4) is 0 Å². The maximum absolute atomic E-state index is 9.34. The van der Waals surface area contributed by atoms with Crippen LogP contribution in [0.4, 0.5) is 0 Å². The van der Waals surface area contributed by atoms with Crippen LogP contribution in [-0.2, 0) is 21.1 Å². The second kappa shape index (κ2) is 16.0. The Morgan fingerprint density at radius 1 is 0.661 bits per heavy atom. The minimum absolute atomic E-state index is 0. The maximum atomic E-state index is 9.34. The first-order chi connectivity index (χ1) is 35.2. The second-order valence-electron chi connectivity index (χ2n) is 13.9. The fourth-order valence-electron chi connectivity index (χ4n) is 7.10. The van der Waals surface area contributed by atoms with Crippen molar-refractivity contribution >= 4 is 32.8 Å². The standard InChI is InChI=1S/C53H40N4O.Pt/c1-36(2)37(3)40-30-31-54-52(32-40)57-48-25-11-10-22-46(48)47-29-28-43(34-51(47)57)58-42-21-14-20-41(33-42)55-35-56(50-27-13-12-26-49(50)55)53-44(38-16-6-4-7-17-38)23-15-24-45(53)39-18-8-5-9-19-39;/h4-32,36-37H,1-3H3;/q-2;/i4D,5D,6D,7D,8D,9D,10D,11D,16D,17D,18D,19D,22D,25D,28D,29D;. The molecule has 0 saturated heterocycles. The average molecular weight is 960 g/mol. The first-order valence-electron chi connectivity index (χ1n) is 26.5. The fraction of sp³-hybridized carbons (Fsp3) is 0.0943. The summed E-state index contributed by atoms with van der Waals surface area (Å²) in [5, 5.41) is 0.0761. The molecule has 0 aliphatic carbocycles. The van der Waals surface area contributed by atoms with E-state index in [4.69, 9.17) is 23.9 Å². The summed E-state index contributed by atoms with van der Waals surface area (Å²) in [5.41, 5.74) is 2.10. The van der Waals surface area contributed by atoms with Gasteiger partial charge in [0.15, 0.2) is 0 Å². The van der Waals surface area contributed by atoms with Crippen molar-refractivity contribution < 1.29 is 52.3 Å². The molecule has 0 N–H and O–H groups in total. The Hall–Kier alpha value is -6.55. The second-order valence-corrected chi connectivity index (χ2v) is 13.9. The van der Waals surface area contributed by atoms with E-state index in [0.717, 1.165) is 5.56 Å². The molecule has 6 heteroatoms. The average Bonchev–Trinajstić information content (AvgIpc) is 3.99. The first-order valence-corrected chi connectivity index (χ1v) is 18.5. The zero-order valence-electron chi connectivity index (χ0n) is 47.7. The van der Waals surface area contributed by atoms with Crippen molar-refractivity contribution in [3.63, 3.8) is 0 Å². The predicted octanol–water partition coefficient (Wildman–Crippen LogP) is 12.7. The van der Waals surface area contributed by atoms with E-state index in [-0.39, 0.29) is 106 Å². The van der Waals surface area contributed by atoms with Crippen molar-refractivity contribution in [1.82, 2.24) is 14.1 Å². The molecule has 0 aliphatic rings. The van der Waals surface area contributed by atoms with Crippen molar-refractivity contribution in [1.29, 1.82) is 0 Å². The van der Waals surface area contributed by atoms with Crippen molar-refractivity contribution in [3.8, 4) is 50.9 Å². The predicted molar refractivity (Wildman–Crippen MR) is 234 cm³/mol. The summed E-state index contributed by atoms with van der Waals surface area (Å²) in [6.07, 6.45) is 4.92. The van der Waals surface area contributed by atoms with Crippen molar-refractivity contribution in [2.24, 2.45) is 5.92 Å². The van der Waals surface area contributed by atoms with E-state index in [2.05, 4.69) is 44.2 Å². The van der Waals surface area contributed by atoms with Gasteiger partial charge in [-0.1, -0.05) is 147 Å². The third-order valence-corrected chi connectivity index (χ3v) is 10.2. The molecule has 1 unspecified atom stereocenters. The van der Waals surface area contributed by atoms with Crippen LogP contribution in [0, 0.1) is 24.4 Å². The molecule has 0 radical (unpaired) electrons. The minimum Gasteiger partial charge on any atom is -0.510 e. The Morgan fingerprint density at radius 2 is 1.36 bits per heavy atom. The molecule has 0 aliphatic heterocycles. The summed E-state index contributed by atoms with van der Waals surface area (Å²) in [6.45, 7) is 6.23. The number of hydrogen-bond acceptors (Lipinski definition) is 2. The molecule has 10 rings (SSSR count). The third kappa shape index (κ3) is 6.96. The number of rotatable bonds is 9. The molecular formula is C53H40N4OPt-2. The van der Waals surface area contributed by atoms with Crippen LogP contribution in [0.1, 0.15) is 54.2 Å². The smallest absolute Gasteiger partial charge is 0.268 e. The zero-order chi connectivity index (χ0) is 53.1. The summed E-state index contributed by atoms with van der Waals surface area (Å²) in [7, 11) is 0. The van der Waals surface area contributed by atoms with Gasteiger partial charge in [-0.2, -0.15) is 18.2 Å². The summed E-state index contributed by atoms with van der Waals surface area (Å²) >= 11 is 0. The van der Waals surface area contributed by atoms with Crippen LogP contribution < -0.4 is 9.30 Å². The van der Waals surface area contributed by atoms with Gasteiger partial charge in [0.1, 0.15) is 5.82 Å². The normalized spacial score (nSPS) is 15.7. The number of ether oxygens (including phenoxy) is 1. The molecule has 290 valence electrons. The largest absolute Gasteiger partial charge is 0.510 e. The van der Waals surface area contributed by atoms with Gasteiger partial charge in [0.25, 0.3) is 6.33 Å². The molecule has 59 heavy (non-hydrogen) atoms. The van der Waals surface area contributed by atoms with Gasteiger partial charge in [-0.25, -0.2) is 4.98 Å². The molecule has 0 fully saturated rings. The van der Waals surface area contributed by atoms with Crippen LogP contribution in [0.15, 0.2) is 176 Å². The molecule has 3 heterocycles. The fourth-order valence-corrected chi connectivity index (χ4v) is 7.10. The quantitative estimate of drug-likeness (QED) is 0.107. The van der Waals surface area contributed by atoms with Crippen LogP contribution in [0.5, 0.6) is 11.5 Å². The van der Waals surface area contributed by atoms with Crippen molar-refractivity contribution in [2.75, 3.05) is 0 Å². The summed E-state index contributed by atoms with van der Waals surface area (Å²) < 4.78 is 152. The zero-order valence-corrected chi connectivity index (χ0v) is 33.9. The van der Waals surface area contributed by atoms with Gasteiger partial charge in [-0.15, -0.1) is 29.6 Å². The molecule has 0 bridgehead atoms. The molecule has 1 atom stereocenters. The van der Waals surface area contributed by atoms with Gasteiger partial charge in [0.2, 0.25) is 0 Å². The van der Waals surface area contributed by atoms with E-state index in [1.54, 1.807) is 53.2 Å². The number of pyridine rings is 1. The summed E-state index contributed by atoms with van der Waals surface area (Å²) in [5.74, 6) is 0.454. The van der Waals surface area contributed by atoms with Gasteiger partial charge in [0, 0.05) is 45.6 Å². The molecule has 5 nitrogen and oxygen atoms in total. The molecular weight excluding hydrogens is 904 g/mol. The van der Waals surface area contributed by atoms with E-state index in [9.17, 15) is 2.74 Å². The van der Waals surface area contributed by atoms with Crippen LogP contribution in [0.2, 0.25) is 0 Å². The number of hydrogen-bond donors (Lipinski definition) is 0. The van der Waals surface area contributed by atoms with Crippen LogP contribution in [0.25, 0.3) is 72.3 Å². The molecule has 0 saturated carbocycles. The Bertz CT molecular complexity index is 3900. The van der Waals surface area contributed by atoms with Gasteiger partial charge in [-0.3, -0.25) is 4.57 Å². The number of aromatic nitrogens is 4. The Morgan fingerprint density at radius 3 is 2.10 bits per heavy atom. The summed E-state index contributed by atoms with van der Waals surface area (Å²) in [4.78, 5) is 4.63. The number of fused-ring (bicyclic) bond motifs is 4. The number of nitrogens with zero attached hydrogens (tertiary/aromatic N) is 4. The Kier molecular flexibility index (Phi) is 6.44. The van der Waals surface area contributed by atoms with Crippen LogP contribution in [-0.4, -0.2) is 14.1 Å². The summed E-state index contributed by atoms with van der Waals surface area (Å²) in [6, 6.07) is 18.1. The molecule has 0 spiro atoms. The van der Waals surface area contributed by atoms with Crippen LogP contribution >= 0.6 is 0 Å². The van der Waals surface area contributed by atoms with Gasteiger partial charge >= 0.3 is 0 Å².